The second-order valence-electron chi connectivity index (χ2n) is 7.79. The van der Waals surface area contributed by atoms with E-state index in [1.54, 1.807) is 7.11 Å². The first-order valence-electron chi connectivity index (χ1n) is 9.97. The van der Waals surface area contributed by atoms with Crippen LogP contribution in [0.3, 0.4) is 0 Å². The fraction of sp³-hybridized carbons (Fsp3) is 0.850. The SMILES string of the molecule is C=C1[C@H](C)C[C@H](CC)O[C@@H]1C[C@@H]1OC[C@H](OC)[C@H]1CC(=O)CP(=O)(OC)OC. The van der Waals surface area contributed by atoms with E-state index < -0.39 is 7.60 Å². The van der Waals surface area contributed by atoms with E-state index >= 15 is 0 Å². The number of hydrogen-bond acceptors (Lipinski definition) is 7. The van der Waals surface area contributed by atoms with Gasteiger partial charge in [0.25, 0.3) is 0 Å². The predicted molar refractivity (Wildman–Crippen MR) is 107 cm³/mol. The molecular formula is C20H35O7P. The molecule has 2 rings (SSSR count). The van der Waals surface area contributed by atoms with Gasteiger partial charge < -0.3 is 23.3 Å². The van der Waals surface area contributed by atoms with E-state index in [0.717, 1.165) is 18.4 Å². The molecule has 2 fully saturated rings. The van der Waals surface area contributed by atoms with Crippen LogP contribution < -0.4 is 0 Å². The summed E-state index contributed by atoms with van der Waals surface area (Å²) in [6.45, 7) is 8.97. The van der Waals surface area contributed by atoms with E-state index in [2.05, 4.69) is 20.4 Å². The lowest BCUT2D eigenvalue weighted by Crippen LogP contribution is -2.38. The average molecular weight is 418 g/mol. The molecule has 2 aliphatic rings. The minimum Gasteiger partial charge on any atom is -0.379 e. The summed E-state index contributed by atoms with van der Waals surface area (Å²) in [7, 11) is 0.814. The van der Waals surface area contributed by atoms with Gasteiger partial charge in [-0.3, -0.25) is 9.36 Å². The summed E-state index contributed by atoms with van der Waals surface area (Å²) in [5, 5.41) is 0. The van der Waals surface area contributed by atoms with Gasteiger partial charge in [0.2, 0.25) is 0 Å². The van der Waals surface area contributed by atoms with Crippen LogP contribution in [0.1, 0.15) is 39.5 Å². The zero-order valence-electron chi connectivity index (χ0n) is 17.7. The van der Waals surface area contributed by atoms with Crippen molar-refractivity contribution in [3.8, 4) is 0 Å². The van der Waals surface area contributed by atoms with Crippen molar-refractivity contribution in [3.05, 3.63) is 12.2 Å². The van der Waals surface area contributed by atoms with Gasteiger partial charge in [-0.25, -0.2) is 0 Å². The van der Waals surface area contributed by atoms with Crippen LogP contribution in [0.2, 0.25) is 0 Å². The molecule has 2 saturated heterocycles. The fourth-order valence-electron chi connectivity index (χ4n) is 4.12. The maximum atomic E-state index is 12.6. The van der Waals surface area contributed by atoms with Crippen molar-refractivity contribution in [3.63, 3.8) is 0 Å². The summed E-state index contributed by atoms with van der Waals surface area (Å²) in [4.78, 5) is 12.6. The summed E-state index contributed by atoms with van der Waals surface area (Å²) in [5.74, 6) is 0.0869. The van der Waals surface area contributed by atoms with Gasteiger partial charge in [0.15, 0.2) is 0 Å². The molecule has 0 bridgehead atoms. The second kappa shape index (κ2) is 10.5. The monoisotopic (exact) mass is 418 g/mol. The summed E-state index contributed by atoms with van der Waals surface area (Å²) < 4.78 is 39.8. The van der Waals surface area contributed by atoms with Crippen molar-refractivity contribution in [2.24, 2.45) is 11.8 Å². The highest BCUT2D eigenvalue weighted by Gasteiger charge is 2.42. The van der Waals surface area contributed by atoms with E-state index in [4.69, 9.17) is 23.3 Å². The second-order valence-corrected chi connectivity index (χ2v) is 10.1. The molecule has 0 aliphatic carbocycles. The largest absolute Gasteiger partial charge is 0.379 e. The minimum absolute atomic E-state index is 0.0871. The fourth-order valence-corrected chi connectivity index (χ4v) is 5.09. The molecule has 0 spiro atoms. The first kappa shape index (κ1) is 23.7. The molecule has 162 valence electrons. The Kier molecular flexibility index (Phi) is 8.86. The summed E-state index contributed by atoms with van der Waals surface area (Å²) in [6.07, 6.45) is 2.32. The number of carbonyl (C=O) groups excluding carboxylic acids is 1. The minimum atomic E-state index is -3.38. The molecule has 28 heavy (non-hydrogen) atoms. The highest BCUT2D eigenvalue weighted by molar-refractivity contribution is 7.54. The highest BCUT2D eigenvalue weighted by atomic mass is 31.2. The molecule has 0 aromatic heterocycles. The average Bonchev–Trinajstić information content (AvgIpc) is 3.06. The van der Waals surface area contributed by atoms with Crippen LogP contribution in [0, 0.1) is 11.8 Å². The van der Waals surface area contributed by atoms with E-state index in [9.17, 15) is 9.36 Å². The molecule has 0 N–H and O–H groups in total. The molecule has 0 aromatic carbocycles. The zero-order valence-corrected chi connectivity index (χ0v) is 18.6. The lowest BCUT2D eigenvalue weighted by Gasteiger charge is -2.37. The summed E-state index contributed by atoms with van der Waals surface area (Å²) >= 11 is 0. The molecule has 8 heteroatoms. The number of ketones is 1. The number of carbonyl (C=O) groups is 1. The third-order valence-electron chi connectivity index (χ3n) is 6.04. The number of ether oxygens (including phenoxy) is 3. The molecule has 0 aromatic rings. The normalized spacial score (nSPS) is 34.0. The van der Waals surface area contributed by atoms with E-state index in [-0.39, 0.29) is 48.7 Å². The quantitative estimate of drug-likeness (QED) is 0.396. The van der Waals surface area contributed by atoms with Crippen molar-refractivity contribution in [1.29, 1.82) is 0 Å². The van der Waals surface area contributed by atoms with Crippen molar-refractivity contribution in [1.82, 2.24) is 0 Å². The summed E-state index contributed by atoms with van der Waals surface area (Å²) in [6, 6.07) is 0. The Morgan fingerprint density at radius 3 is 2.54 bits per heavy atom. The van der Waals surface area contributed by atoms with Gasteiger partial charge in [-0.05, 0) is 24.3 Å². The Morgan fingerprint density at radius 2 is 1.96 bits per heavy atom. The van der Waals surface area contributed by atoms with Crippen LogP contribution in [-0.4, -0.2) is 64.3 Å². The van der Waals surface area contributed by atoms with Crippen molar-refractivity contribution < 1.29 is 32.6 Å². The van der Waals surface area contributed by atoms with Crippen LogP contribution in [-0.2, 0) is 32.6 Å². The predicted octanol–water partition coefficient (Wildman–Crippen LogP) is 3.61. The molecule has 2 heterocycles. The Bertz CT molecular complexity index is 585. The molecule has 2 aliphatic heterocycles. The Hall–Kier alpha value is -0.560. The van der Waals surface area contributed by atoms with Gasteiger partial charge >= 0.3 is 7.60 Å². The lowest BCUT2D eigenvalue weighted by atomic mass is 9.83. The first-order valence-corrected chi connectivity index (χ1v) is 11.7. The van der Waals surface area contributed by atoms with Crippen LogP contribution in [0.25, 0.3) is 0 Å². The van der Waals surface area contributed by atoms with E-state index in [0.29, 0.717) is 18.9 Å². The lowest BCUT2D eigenvalue weighted by molar-refractivity contribution is -0.119. The maximum Gasteiger partial charge on any atom is 0.337 e. The Balaban J connectivity index is 2.05. The van der Waals surface area contributed by atoms with E-state index in [1.807, 2.05) is 0 Å². The van der Waals surface area contributed by atoms with Crippen molar-refractivity contribution in [2.45, 2.75) is 63.9 Å². The summed E-state index contributed by atoms with van der Waals surface area (Å²) in [5.41, 5.74) is 1.09. The highest BCUT2D eigenvalue weighted by Crippen LogP contribution is 2.47. The van der Waals surface area contributed by atoms with Gasteiger partial charge in [-0.15, -0.1) is 0 Å². The Morgan fingerprint density at radius 1 is 1.29 bits per heavy atom. The number of methoxy groups -OCH3 is 1. The molecule has 0 unspecified atom stereocenters. The molecular weight excluding hydrogens is 383 g/mol. The van der Waals surface area contributed by atoms with Crippen molar-refractivity contribution >= 4 is 13.4 Å². The molecule has 6 atom stereocenters. The molecule has 0 radical (unpaired) electrons. The topological polar surface area (TPSA) is 80.3 Å². The molecule has 7 nitrogen and oxygen atoms in total. The standard InChI is InChI=1S/C20H35O7P/c1-7-16-8-13(2)14(3)18(27-16)10-19-17(20(23-4)11-26-19)9-15(21)12-28(22,24-5)25-6/h13,16-20H,3,7-12H2,1-2,4-6H3/t13-,16+,17+,18-,19+,20+/m1/s1. The van der Waals surface area contributed by atoms with Gasteiger partial charge in [-0.2, -0.15) is 0 Å². The Labute approximate surface area is 168 Å². The first-order chi connectivity index (χ1) is 13.3. The number of rotatable bonds is 10. The van der Waals surface area contributed by atoms with Crippen LogP contribution in [0.4, 0.5) is 0 Å². The van der Waals surface area contributed by atoms with E-state index in [1.165, 1.54) is 14.2 Å². The van der Waals surface area contributed by atoms with Gasteiger partial charge in [-0.1, -0.05) is 20.4 Å². The molecule has 0 amide bonds. The number of hydrogen-bond donors (Lipinski definition) is 0. The van der Waals surface area contributed by atoms with Gasteiger partial charge in [0, 0.05) is 40.1 Å². The molecule has 0 saturated carbocycles. The smallest absolute Gasteiger partial charge is 0.337 e. The maximum absolute atomic E-state index is 12.6. The van der Waals surface area contributed by atoms with Gasteiger partial charge in [0.05, 0.1) is 31.0 Å². The zero-order chi connectivity index (χ0) is 20.9. The third-order valence-corrected chi connectivity index (χ3v) is 7.90. The number of Topliss-reactive ketones (excluding diaryl/α,β-unsaturated/α-hetero) is 1. The van der Waals surface area contributed by atoms with Crippen LogP contribution in [0.5, 0.6) is 0 Å². The van der Waals surface area contributed by atoms with Crippen LogP contribution >= 0.6 is 7.60 Å². The van der Waals surface area contributed by atoms with Gasteiger partial charge in [0.1, 0.15) is 11.9 Å². The van der Waals surface area contributed by atoms with Crippen LogP contribution in [0.15, 0.2) is 12.2 Å². The third kappa shape index (κ3) is 5.74. The van der Waals surface area contributed by atoms with Crippen molar-refractivity contribution in [2.75, 3.05) is 34.1 Å².